The van der Waals surface area contributed by atoms with Crippen molar-refractivity contribution in [2.24, 2.45) is 0 Å². The van der Waals surface area contributed by atoms with Crippen LogP contribution in [0.15, 0.2) is 42.5 Å². The van der Waals surface area contributed by atoms with Crippen LogP contribution < -0.4 is 14.8 Å². The van der Waals surface area contributed by atoms with Crippen molar-refractivity contribution in [2.75, 3.05) is 27.4 Å². The quantitative estimate of drug-likeness (QED) is 0.410. The summed E-state index contributed by atoms with van der Waals surface area (Å²) in [6, 6.07) is 11.8. The molecule has 1 aliphatic heterocycles. The third kappa shape index (κ3) is 6.07. The van der Waals surface area contributed by atoms with Gasteiger partial charge in [-0.25, -0.2) is 4.68 Å². The average molecular weight is 524 g/mol. The highest BCUT2D eigenvalue weighted by Crippen LogP contribution is 2.33. The standard InChI is InChI=1S/C28H37N5O5/c1-6-28(2,3)29-27(35)26(19-13-14-23(36-4)24(16-19)37-5)32(17-20-10-9-15-38-20)25(34)18-33-22-12-8-7-11-21(22)30-31-33/h7-8,11-14,16,20,26H,6,9-10,15,17-18H2,1-5H3,(H,29,35)/t20-,26+/m0/s1. The van der Waals surface area contributed by atoms with Crippen LogP contribution >= 0.6 is 0 Å². The summed E-state index contributed by atoms with van der Waals surface area (Å²) < 4.78 is 18.4. The lowest BCUT2D eigenvalue weighted by Gasteiger charge is -2.35. The molecule has 10 nitrogen and oxygen atoms in total. The molecule has 0 bridgehead atoms. The van der Waals surface area contributed by atoms with E-state index >= 15 is 0 Å². The van der Waals surface area contributed by atoms with Gasteiger partial charge in [0.15, 0.2) is 11.5 Å². The van der Waals surface area contributed by atoms with Crippen LogP contribution in [0.4, 0.5) is 0 Å². The Labute approximate surface area is 223 Å². The molecule has 2 aromatic carbocycles. The van der Waals surface area contributed by atoms with E-state index in [1.165, 1.54) is 0 Å². The summed E-state index contributed by atoms with van der Waals surface area (Å²) in [6.45, 7) is 6.77. The number of methoxy groups -OCH3 is 2. The zero-order chi connectivity index (χ0) is 27.3. The second-order valence-electron chi connectivity index (χ2n) is 10.2. The molecular weight excluding hydrogens is 486 g/mol. The molecule has 0 unspecified atom stereocenters. The average Bonchev–Trinajstić information content (AvgIpc) is 3.58. The summed E-state index contributed by atoms with van der Waals surface area (Å²) in [5, 5.41) is 11.5. The van der Waals surface area contributed by atoms with E-state index < -0.39 is 11.6 Å². The molecule has 0 radical (unpaired) electrons. The van der Waals surface area contributed by atoms with Crippen LogP contribution in [0.2, 0.25) is 0 Å². The minimum Gasteiger partial charge on any atom is -0.493 e. The number of hydrogen-bond donors (Lipinski definition) is 1. The van der Waals surface area contributed by atoms with E-state index in [2.05, 4.69) is 15.6 Å². The topological polar surface area (TPSA) is 108 Å². The number of fused-ring (bicyclic) bond motifs is 1. The zero-order valence-electron chi connectivity index (χ0n) is 22.8. The first-order chi connectivity index (χ1) is 18.3. The highest BCUT2D eigenvalue weighted by atomic mass is 16.5. The van der Waals surface area contributed by atoms with Gasteiger partial charge in [-0.15, -0.1) is 5.10 Å². The first-order valence-electron chi connectivity index (χ1n) is 13.0. The highest BCUT2D eigenvalue weighted by molar-refractivity contribution is 5.90. The Kier molecular flexibility index (Phi) is 8.51. The van der Waals surface area contributed by atoms with Gasteiger partial charge in [0.1, 0.15) is 18.1 Å². The second kappa shape index (κ2) is 11.8. The van der Waals surface area contributed by atoms with Crippen LogP contribution in [0.5, 0.6) is 11.5 Å². The highest BCUT2D eigenvalue weighted by Gasteiger charge is 2.36. The fourth-order valence-electron chi connectivity index (χ4n) is 4.60. The van der Waals surface area contributed by atoms with E-state index in [9.17, 15) is 9.59 Å². The SMILES string of the molecule is CCC(C)(C)NC(=O)[C@@H](c1ccc(OC)c(OC)c1)N(C[C@@H]1CCCO1)C(=O)Cn1nnc2ccccc21. The van der Waals surface area contributed by atoms with E-state index in [0.29, 0.717) is 29.2 Å². The van der Waals surface area contributed by atoms with E-state index in [0.717, 1.165) is 24.8 Å². The predicted octanol–water partition coefficient (Wildman–Crippen LogP) is 3.50. The molecule has 10 heteroatoms. The molecule has 0 aliphatic carbocycles. The number of hydrogen-bond acceptors (Lipinski definition) is 7. The number of para-hydroxylation sites is 1. The summed E-state index contributed by atoms with van der Waals surface area (Å²) in [5.74, 6) is 0.471. The van der Waals surface area contributed by atoms with E-state index in [1.807, 2.05) is 45.0 Å². The fraction of sp³-hybridized carbons (Fsp3) is 0.500. The molecule has 0 saturated carbocycles. The Bertz CT molecular complexity index is 1270. The molecule has 2 atom stereocenters. The third-order valence-corrected chi connectivity index (χ3v) is 7.08. The maximum absolute atomic E-state index is 14.0. The molecule has 2 heterocycles. The maximum atomic E-state index is 14.0. The summed E-state index contributed by atoms with van der Waals surface area (Å²) in [6.07, 6.45) is 2.29. The number of nitrogens with one attached hydrogen (secondary N) is 1. The van der Waals surface area contributed by atoms with Gasteiger partial charge in [0.05, 0.1) is 25.8 Å². The van der Waals surface area contributed by atoms with Crippen molar-refractivity contribution in [2.45, 2.75) is 64.3 Å². The minimum absolute atomic E-state index is 0.0680. The number of carbonyl (C=O) groups is 2. The number of nitrogens with zero attached hydrogens (tertiary/aromatic N) is 4. The Morgan fingerprint density at radius 2 is 1.95 bits per heavy atom. The number of amides is 2. The van der Waals surface area contributed by atoms with Crippen LogP contribution in [-0.4, -0.2) is 70.7 Å². The smallest absolute Gasteiger partial charge is 0.247 e. The second-order valence-corrected chi connectivity index (χ2v) is 10.2. The minimum atomic E-state index is -0.924. The first kappa shape index (κ1) is 27.4. The molecule has 1 aliphatic rings. The maximum Gasteiger partial charge on any atom is 0.247 e. The van der Waals surface area contributed by atoms with Crippen molar-refractivity contribution in [1.82, 2.24) is 25.2 Å². The molecule has 0 spiro atoms. The molecule has 1 fully saturated rings. The summed E-state index contributed by atoms with van der Waals surface area (Å²) >= 11 is 0. The first-order valence-corrected chi connectivity index (χ1v) is 13.0. The molecule has 1 aromatic heterocycles. The Hall–Kier alpha value is -3.66. The van der Waals surface area contributed by atoms with Crippen LogP contribution in [0, 0.1) is 0 Å². The third-order valence-electron chi connectivity index (χ3n) is 7.08. The van der Waals surface area contributed by atoms with Gasteiger partial charge in [-0.05, 0) is 62.9 Å². The van der Waals surface area contributed by atoms with Crippen molar-refractivity contribution in [1.29, 1.82) is 0 Å². The Morgan fingerprint density at radius 3 is 2.63 bits per heavy atom. The molecule has 3 aromatic rings. The van der Waals surface area contributed by atoms with Crippen LogP contribution in [0.1, 0.15) is 51.6 Å². The van der Waals surface area contributed by atoms with E-state index in [-0.39, 0.29) is 31.0 Å². The van der Waals surface area contributed by atoms with Gasteiger partial charge >= 0.3 is 0 Å². The van der Waals surface area contributed by atoms with Crippen LogP contribution in [0.3, 0.4) is 0 Å². The largest absolute Gasteiger partial charge is 0.493 e. The molecule has 2 amide bonds. The van der Waals surface area contributed by atoms with Crippen molar-refractivity contribution in [3.05, 3.63) is 48.0 Å². The van der Waals surface area contributed by atoms with Gasteiger partial charge in [0.2, 0.25) is 11.8 Å². The van der Waals surface area contributed by atoms with Crippen molar-refractivity contribution in [3.63, 3.8) is 0 Å². The van der Waals surface area contributed by atoms with Gasteiger partial charge in [0.25, 0.3) is 0 Å². The summed E-state index contributed by atoms with van der Waals surface area (Å²) in [5.41, 5.74) is 1.59. The molecule has 1 N–H and O–H groups in total. The van der Waals surface area contributed by atoms with Gasteiger partial charge in [0, 0.05) is 18.7 Å². The van der Waals surface area contributed by atoms with Crippen molar-refractivity contribution >= 4 is 22.8 Å². The number of carbonyl (C=O) groups excluding carboxylic acids is 2. The number of ether oxygens (including phenoxy) is 3. The summed E-state index contributed by atoms with van der Waals surface area (Å²) in [4.78, 5) is 29.6. The molecule has 38 heavy (non-hydrogen) atoms. The molecule has 1 saturated heterocycles. The number of rotatable bonds is 11. The van der Waals surface area contributed by atoms with Crippen LogP contribution in [0.25, 0.3) is 11.0 Å². The van der Waals surface area contributed by atoms with Gasteiger partial charge < -0.3 is 24.4 Å². The lowest BCUT2D eigenvalue weighted by Crippen LogP contribution is -2.52. The van der Waals surface area contributed by atoms with Crippen LogP contribution in [-0.2, 0) is 20.9 Å². The molecular formula is C28H37N5O5. The Morgan fingerprint density at radius 1 is 1.18 bits per heavy atom. The van der Waals surface area contributed by atoms with Gasteiger partial charge in [-0.3, -0.25) is 9.59 Å². The fourth-order valence-corrected chi connectivity index (χ4v) is 4.60. The normalized spacial score (nSPS) is 16.3. The van der Waals surface area contributed by atoms with Crippen molar-refractivity contribution < 1.29 is 23.8 Å². The Balaban J connectivity index is 1.76. The molecule has 204 valence electrons. The van der Waals surface area contributed by atoms with E-state index in [1.54, 1.807) is 42.0 Å². The lowest BCUT2D eigenvalue weighted by atomic mass is 9.98. The number of benzene rings is 2. The monoisotopic (exact) mass is 523 g/mol. The predicted molar refractivity (Wildman–Crippen MR) is 143 cm³/mol. The van der Waals surface area contributed by atoms with Gasteiger partial charge in [-0.1, -0.05) is 30.3 Å². The van der Waals surface area contributed by atoms with Crippen molar-refractivity contribution in [3.8, 4) is 11.5 Å². The van der Waals surface area contributed by atoms with E-state index in [4.69, 9.17) is 14.2 Å². The molecule has 4 rings (SSSR count). The number of aromatic nitrogens is 3. The lowest BCUT2D eigenvalue weighted by molar-refractivity contribution is -0.144. The van der Waals surface area contributed by atoms with Gasteiger partial charge in [-0.2, -0.15) is 0 Å². The summed E-state index contributed by atoms with van der Waals surface area (Å²) in [7, 11) is 3.10. The zero-order valence-corrected chi connectivity index (χ0v) is 22.8.